The number of methoxy groups -OCH3 is 1. The third-order valence-electron chi connectivity index (χ3n) is 4.19. The van der Waals surface area contributed by atoms with E-state index < -0.39 is 6.23 Å². The van der Waals surface area contributed by atoms with Gasteiger partial charge in [-0.3, -0.25) is 0 Å². The monoisotopic (exact) mass is 341 g/mol. The Morgan fingerprint density at radius 3 is 2.56 bits per heavy atom. The van der Waals surface area contributed by atoms with Crippen LogP contribution in [0, 0.1) is 0 Å². The molecule has 0 saturated carbocycles. The molecule has 1 aliphatic rings. The van der Waals surface area contributed by atoms with E-state index in [1.54, 1.807) is 7.11 Å². The molecular formula is C19H23N3O3. The summed E-state index contributed by atoms with van der Waals surface area (Å²) < 4.78 is 10.3. The summed E-state index contributed by atoms with van der Waals surface area (Å²) in [6.07, 6.45) is 1.04. The molecule has 0 amide bonds. The first-order chi connectivity index (χ1) is 12.1. The van der Waals surface area contributed by atoms with Crippen LogP contribution in [0.4, 0.5) is 5.69 Å². The minimum Gasteiger partial charge on any atom is -0.497 e. The maximum Gasteiger partial charge on any atom is 0.282 e. The number of aliphatic hydroxyl groups excluding tert-OH is 1. The highest BCUT2D eigenvalue weighted by Gasteiger charge is 2.16. The van der Waals surface area contributed by atoms with Crippen LogP contribution in [0.25, 0.3) is 0 Å². The van der Waals surface area contributed by atoms with Crippen molar-refractivity contribution in [3.63, 3.8) is 0 Å². The zero-order chi connectivity index (χ0) is 17.6. The van der Waals surface area contributed by atoms with Gasteiger partial charge in [0.25, 0.3) is 6.02 Å². The van der Waals surface area contributed by atoms with Gasteiger partial charge >= 0.3 is 0 Å². The van der Waals surface area contributed by atoms with Gasteiger partial charge in [0.05, 0.1) is 13.2 Å². The molecular weight excluding hydrogens is 318 g/mol. The molecule has 2 aromatic rings. The number of nitrogens with two attached hydrogens (primary N) is 1. The van der Waals surface area contributed by atoms with Gasteiger partial charge in [0, 0.05) is 11.3 Å². The minimum absolute atomic E-state index is 0.148. The predicted octanol–water partition coefficient (Wildman–Crippen LogP) is 2.44. The van der Waals surface area contributed by atoms with Crippen molar-refractivity contribution in [2.75, 3.05) is 19.0 Å². The van der Waals surface area contributed by atoms with Crippen LogP contribution in [0.2, 0.25) is 0 Å². The summed E-state index contributed by atoms with van der Waals surface area (Å²) in [6, 6.07) is 15.8. The van der Waals surface area contributed by atoms with Crippen molar-refractivity contribution in [1.82, 2.24) is 0 Å². The average Bonchev–Trinajstić information content (AvgIpc) is 3.06. The van der Waals surface area contributed by atoms with E-state index in [0.29, 0.717) is 6.61 Å². The van der Waals surface area contributed by atoms with Gasteiger partial charge in [-0.1, -0.05) is 24.3 Å². The van der Waals surface area contributed by atoms with Crippen LogP contribution in [-0.4, -0.2) is 30.9 Å². The molecule has 0 fully saturated rings. The van der Waals surface area contributed by atoms with Gasteiger partial charge in [-0.2, -0.15) is 0 Å². The molecule has 6 nitrogen and oxygen atoms in total. The summed E-state index contributed by atoms with van der Waals surface area (Å²) in [5, 5.41) is 13.4. The number of amidine groups is 1. The molecule has 1 heterocycles. The molecule has 0 radical (unpaired) electrons. The van der Waals surface area contributed by atoms with Crippen molar-refractivity contribution < 1.29 is 14.6 Å². The fourth-order valence-corrected chi connectivity index (χ4v) is 2.71. The number of rotatable bonds is 7. The van der Waals surface area contributed by atoms with Crippen molar-refractivity contribution in [2.45, 2.75) is 25.1 Å². The molecule has 0 saturated heterocycles. The lowest BCUT2D eigenvalue weighted by molar-refractivity contribution is 0.208. The number of anilines is 1. The van der Waals surface area contributed by atoms with Crippen molar-refractivity contribution in [3.05, 3.63) is 59.7 Å². The van der Waals surface area contributed by atoms with Crippen LogP contribution < -0.4 is 15.8 Å². The first kappa shape index (κ1) is 17.1. The Morgan fingerprint density at radius 1 is 1.24 bits per heavy atom. The molecule has 25 heavy (non-hydrogen) atoms. The topological polar surface area (TPSA) is 89.1 Å². The molecule has 0 spiro atoms. The Hall–Kier alpha value is -2.73. The summed E-state index contributed by atoms with van der Waals surface area (Å²) in [5.74, 6) is 0.763. The van der Waals surface area contributed by atoms with Crippen LogP contribution >= 0.6 is 0 Å². The van der Waals surface area contributed by atoms with Crippen molar-refractivity contribution >= 4 is 11.7 Å². The van der Waals surface area contributed by atoms with Crippen LogP contribution in [0.15, 0.2) is 53.5 Å². The highest BCUT2D eigenvalue weighted by Crippen LogP contribution is 2.21. The summed E-state index contributed by atoms with van der Waals surface area (Å²) >= 11 is 0. The molecule has 3 rings (SSSR count). The first-order valence-corrected chi connectivity index (χ1v) is 8.27. The van der Waals surface area contributed by atoms with E-state index in [1.807, 2.05) is 48.5 Å². The van der Waals surface area contributed by atoms with Crippen LogP contribution in [-0.2, 0) is 11.2 Å². The van der Waals surface area contributed by atoms with Crippen molar-refractivity contribution in [2.24, 2.45) is 10.7 Å². The Labute approximate surface area is 147 Å². The van der Waals surface area contributed by atoms with Gasteiger partial charge in [0.2, 0.25) is 0 Å². The van der Waals surface area contributed by atoms with E-state index in [0.717, 1.165) is 29.8 Å². The highest BCUT2D eigenvalue weighted by molar-refractivity contribution is 5.73. The van der Waals surface area contributed by atoms with E-state index in [2.05, 4.69) is 10.3 Å². The summed E-state index contributed by atoms with van der Waals surface area (Å²) in [7, 11) is 1.62. The van der Waals surface area contributed by atoms with Crippen LogP contribution in [0.1, 0.15) is 23.8 Å². The van der Waals surface area contributed by atoms with E-state index >= 15 is 0 Å². The lowest BCUT2D eigenvalue weighted by Crippen LogP contribution is -2.10. The number of nitrogens with zero attached hydrogens (tertiary/aromatic N) is 1. The first-order valence-electron chi connectivity index (χ1n) is 8.27. The Morgan fingerprint density at radius 2 is 1.96 bits per heavy atom. The standard InChI is InChI=1S/C19H23N3O3/c1-24-17-10-5-14(6-11-17)18(23)21-15-7-2-13(3-8-15)4-9-16-12-25-19(20)22-16/h2-3,5-8,10-11,16,18,21,23H,4,9,12H2,1H3,(H2,20,22). The van der Waals surface area contributed by atoms with Gasteiger partial charge in [-0.25, -0.2) is 4.99 Å². The molecule has 2 atom stereocenters. The third kappa shape index (κ3) is 4.64. The molecule has 0 bridgehead atoms. The molecule has 0 aromatic heterocycles. The lowest BCUT2D eigenvalue weighted by Gasteiger charge is -2.15. The summed E-state index contributed by atoms with van der Waals surface area (Å²) in [6.45, 7) is 0.569. The smallest absolute Gasteiger partial charge is 0.282 e. The number of aliphatic hydroxyl groups is 1. The zero-order valence-electron chi connectivity index (χ0n) is 14.2. The summed E-state index contributed by atoms with van der Waals surface area (Å²) in [5.41, 5.74) is 8.37. The molecule has 1 aliphatic heterocycles. The van der Waals surface area contributed by atoms with Gasteiger partial charge in [0.1, 0.15) is 12.4 Å². The quantitative estimate of drug-likeness (QED) is 0.673. The van der Waals surface area contributed by atoms with E-state index in [9.17, 15) is 5.11 Å². The molecule has 6 heteroatoms. The van der Waals surface area contributed by atoms with Crippen molar-refractivity contribution in [1.29, 1.82) is 0 Å². The second-order valence-electron chi connectivity index (χ2n) is 5.99. The zero-order valence-corrected chi connectivity index (χ0v) is 14.2. The van der Waals surface area contributed by atoms with E-state index in [-0.39, 0.29) is 12.1 Å². The van der Waals surface area contributed by atoms with Gasteiger partial charge in [-0.15, -0.1) is 0 Å². The van der Waals surface area contributed by atoms with Gasteiger partial charge in [0.15, 0.2) is 6.23 Å². The number of aryl methyl sites for hydroxylation is 1. The molecule has 132 valence electrons. The fourth-order valence-electron chi connectivity index (χ4n) is 2.71. The number of benzene rings is 2. The number of hydrogen-bond acceptors (Lipinski definition) is 6. The van der Waals surface area contributed by atoms with E-state index in [1.165, 1.54) is 5.56 Å². The largest absolute Gasteiger partial charge is 0.497 e. The predicted molar refractivity (Wildman–Crippen MR) is 97.7 cm³/mol. The van der Waals surface area contributed by atoms with Crippen LogP contribution in [0.5, 0.6) is 5.75 Å². The molecule has 2 aromatic carbocycles. The Bertz CT molecular complexity index is 714. The molecule has 2 unspecified atom stereocenters. The number of hydrogen-bond donors (Lipinski definition) is 3. The maximum atomic E-state index is 10.3. The molecule has 0 aliphatic carbocycles. The Balaban J connectivity index is 1.52. The highest BCUT2D eigenvalue weighted by atomic mass is 16.5. The van der Waals surface area contributed by atoms with Crippen LogP contribution in [0.3, 0.4) is 0 Å². The van der Waals surface area contributed by atoms with Gasteiger partial charge in [-0.05, 0) is 42.7 Å². The van der Waals surface area contributed by atoms with Gasteiger partial charge < -0.3 is 25.6 Å². The Kier molecular flexibility index (Phi) is 5.40. The lowest BCUT2D eigenvalue weighted by atomic mass is 10.1. The molecule has 4 N–H and O–H groups in total. The number of aliphatic imine (C=N–C) groups is 1. The number of nitrogens with one attached hydrogen (secondary N) is 1. The minimum atomic E-state index is -0.773. The maximum absolute atomic E-state index is 10.3. The van der Waals surface area contributed by atoms with E-state index in [4.69, 9.17) is 15.2 Å². The second-order valence-corrected chi connectivity index (χ2v) is 5.99. The third-order valence-corrected chi connectivity index (χ3v) is 4.19. The van der Waals surface area contributed by atoms with Crippen molar-refractivity contribution in [3.8, 4) is 5.75 Å². The normalized spacial score (nSPS) is 17.5. The summed E-state index contributed by atoms with van der Waals surface area (Å²) in [4.78, 5) is 4.22. The number of ether oxygens (including phenoxy) is 2. The SMILES string of the molecule is COc1ccc(C(O)Nc2ccc(CCC3COC(N)=N3)cc2)cc1. The average molecular weight is 341 g/mol. The fraction of sp³-hybridized carbons (Fsp3) is 0.316. The second kappa shape index (κ2) is 7.90.